The highest BCUT2D eigenvalue weighted by Crippen LogP contribution is 2.18. The highest BCUT2D eigenvalue weighted by atomic mass is 16.7. The molecule has 0 aromatic heterocycles. The van der Waals surface area contributed by atoms with Crippen molar-refractivity contribution in [3.05, 3.63) is 109 Å². The van der Waals surface area contributed by atoms with Crippen LogP contribution in [-0.4, -0.2) is 87.4 Å². The predicted octanol–water partition coefficient (Wildman–Crippen LogP) is 23.4. The molecule has 89 heavy (non-hydrogen) atoms. The van der Waals surface area contributed by atoms with Gasteiger partial charge in [-0.2, -0.15) is 0 Å². The molecule has 0 spiro atoms. The van der Waals surface area contributed by atoms with Crippen LogP contribution in [-0.2, 0) is 33.3 Å². The van der Waals surface area contributed by atoms with Gasteiger partial charge in [-0.1, -0.05) is 316 Å². The number of nitrogens with zero attached hydrogens (tertiary/aromatic N) is 1. The van der Waals surface area contributed by atoms with Gasteiger partial charge in [0.25, 0.3) is 6.29 Å². The zero-order valence-corrected chi connectivity index (χ0v) is 58.6. The van der Waals surface area contributed by atoms with Crippen molar-refractivity contribution < 1.29 is 42.9 Å². The summed E-state index contributed by atoms with van der Waals surface area (Å²) in [5.41, 5.74) is 0. The Kier molecular flexibility index (Phi) is 66.7. The maximum absolute atomic E-state index is 13.0. The molecule has 9 nitrogen and oxygen atoms in total. The first-order chi connectivity index (χ1) is 43.6. The summed E-state index contributed by atoms with van der Waals surface area (Å²) in [5, 5.41) is 9.76. The summed E-state index contributed by atoms with van der Waals surface area (Å²) in [5.74, 6) is -2.01. The molecule has 0 aromatic carbocycles. The molecule has 0 saturated carbocycles. The molecular formula is C80H140NO8+. The quantitative estimate of drug-likeness (QED) is 0.0211. The average molecular weight is 1240 g/mol. The first-order valence-corrected chi connectivity index (χ1v) is 37.1. The second-order valence-corrected chi connectivity index (χ2v) is 25.9. The summed E-state index contributed by atoms with van der Waals surface area (Å²) in [6, 6.07) is 0. The van der Waals surface area contributed by atoms with Crippen molar-refractivity contribution in [1.82, 2.24) is 0 Å². The highest BCUT2D eigenvalue weighted by Gasteiger charge is 2.25. The SMILES string of the molecule is CC/C=C\C/C=C\C/C=C\C/C=C\C/C=C\C/C=C\C/C=C\C/C=C\CCCCCCCCCCC(=O)OC(COC(=O)CCCCCCCCCCCCCCCCCCCCC/C=C\CCCCCCCCCC)COC(OCC[N+](C)(C)C)C(=O)O. The Hall–Kier alpha value is -4.05. The van der Waals surface area contributed by atoms with Crippen LogP contribution in [0.4, 0.5) is 0 Å². The van der Waals surface area contributed by atoms with E-state index in [1.807, 2.05) is 21.1 Å². The van der Waals surface area contributed by atoms with Crippen LogP contribution >= 0.6 is 0 Å². The van der Waals surface area contributed by atoms with E-state index in [4.69, 9.17) is 18.9 Å². The number of hydrogen-bond donors (Lipinski definition) is 1. The molecule has 2 unspecified atom stereocenters. The minimum atomic E-state index is -1.52. The number of unbranched alkanes of at least 4 members (excludes halogenated alkanes) is 35. The van der Waals surface area contributed by atoms with E-state index in [1.165, 1.54) is 193 Å². The number of carbonyl (C=O) groups excluding carboxylic acids is 2. The number of allylic oxidation sites excluding steroid dienone is 18. The van der Waals surface area contributed by atoms with Gasteiger partial charge in [0.15, 0.2) is 6.10 Å². The van der Waals surface area contributed by atoms with E-state index in [1.54, 1.807) is 0 Å². The smallest absolute Gasteiger partial charge is 0.361 e. The monoisotopic (exact) mass is 1240 g/mol. The van der Waals surface area contributed by atoms with Crippen LogP contribution in [0.3, 0.4) is 0 Å². The molecule has 0 aromatic rings. The van der Waals surface area contributed by atoms with Gasteiger partial charge in [0, 0.05) is 12.8 Å². The number of hydrogen-bond acceptors (Lipinski definition) is 7. The molecule has 0 radical (unpaired) electrons. The van der Waals surface area contributed by atoms with Gasteiger partial charge in [-0.05, 0) is 103 Å². The van der Waals surface area contributed by atoms with Gasteiger partial charge in [-0.3, -0.25) is 9.59 Å². The van der Waals surface area contributed by atoms with Crippen LogP contribution in [0.2, 0.25) is 0 Å². The van der Waals surface area contributed by atoms with E-state index in [0.717, 1.165) is 96.3 Å². The highest BCUT2D eigenvalue weighted by molar-refractivity contribution is 5.71. The van der Waals surface area contributed by atoms with Gasteiger partial charge in [-0.15, -0.1) is 0 Å². The van der Waals surface area contributed by atoms with Gasteiger partial charge < -0.3 is 28.5 Å². The van der Waals surface area contributed by atoms with Crippen LogP contribution in [0, 0.1) is 0 Å². The molecule has 9 heteroatoms. The molecule has 512 valence electrons. The Morgan fingerprint density at radius 3 is 0.966 bits per heavy atom. The van der Waals surface area contributed by atoms with Crippen molar-refractivity contribution in [3.8, 4) is 0 Å². The summed E-state index contributed by atoms with van der Waals surface area (Å²) in [6.07, 6.45) is 95.0. The van der Waals surface area contributed by atoms with E-state index in [-0.39, 0.29) is 32.2 Å². The lowest BCUT2D eigenvalue weighted by molar-refractivity contribution is -0.870. The first kappa shape index (κ1) is 85.0. The Balaban J connectivity index is 4.12. The van der Waals surface area contributed by atoms with E-state index in [0.29, 0.717) is 23.9 Å². The van der Waals surface area contributed by atoms with Crippen molar-refractivity contribution in [3.63, 3.8) is 0 Å². The van der Waals surface area contributed by atoms with E-state index >= 15 is 0 Å². The molecule has 0 rings (SSSR count). The lowest BCUT2D eigenvalue weighted by Crippen LogP contribution is -2.40. The van der Waals surface area contributed by atoms with Gasteiger partial charge in [0.05, 0.1) is 34.4 Å². The Labute approximate surface area is 549 Å². The van der Waals surface area contributed by atoms with Gasteiger partial charge in [-0.25, -0.2) is 4.79 Å². The van der Waals surface area contributed by atoms with Crippen LogP contribution in [0.1, 0.15) is 322 Å². The van der Waals surface area contributed by atoms with Gasteiger partial charge >= 0.3 is 17.9 Å². The minimum Gasteiger partial charge on any atom is -0.477 e. The Morgan fingerprint density at radius 2 is 0.640 bits per heavy atom. The van der Waals surface area contributed by atoms with Gasteiger partial charge in [0.2, 0.25) is 0 Å². The van der Waals surface area contributed by atoms with Gasteiger partial charge in [0.1, 0.15) is 13.2 Å². The van der Waals surface area contributed by atoms with E-state index in [9.17, 15) is 19.5 Å². The fraction of sp³-hybridized carbons (Fsp3) is 0.738. The summed E-state index contributed by atoms with van der Waals surface area (Å²) in [4.78, 5) is 37.7. The topological polar surface area (TPSA) is 108 Å². The second kappa shape index (κ2) is 69.8. The molecule has 0 aliphatic carbocycles. The normalized spacial score (nSPS) is 13.3. The van der Waals surface area contributed by atoms with Crippen molar-refractivity contribution >= 4 is 17.9 Å². The number of quaternary nitrogens is 1. The molecule has 1 N–H and O–H groups in total. The average Bonchev–Trinajstić information content (AvgIpc) is 3.64. The van der Waals surface area contributed by atoms with Crippen molar-refractivity contribution in [2.75, 3.05) is 47.5 Å². The maximum Gasteiger partial charge on any atom is 0.361 e. The number of carboxylic acid groups (broad SMARTS) is 1. The Bertz CT molecular complexity index is 1830. The summed E-state index contributed by atoms with van der Waals surface area (Å²) in [7, 11) is 5.98. The number of rotatable bonds is 68. The number of ether oxygens (including phenoxy) is 4. The number of carboxylic acids is 1. The van der Waals surface area contributed by atoms with Crippen molar-refractivity contribution in [2.45, 2.75) is 334 Å². The fourth-order valence-corrected chi connectivity index (χ4v) is 10.4. The van der Waals surface area contributed by atoms with Crippen LogP contribution in [0.25, 0.3) is 0 Å². The fourth-order valence-electron chi connectivity index (χ4n) is 10.4. The molecule has 2 atom stereocenters. The largest absolute Gasteiger partial charge is 0.477 e. The molecule has 0 aliphatic heterocycles. The summed E-state index contributed by atoms with van der Waals surface area (Å²) in [6.45, 7) is 4.78. The van der Waals surface area contributed by atoms with E-state index < -0.39 is 24.3 Å². The maximum atomic E-state index is 13.0. The van der Waals surface area contributed by atoms with Crippen molar-refractivity contribution in [1.29, 1.82) is 0 Å². The number of likely N-dealkylation sites (N-methyl/N-ethyl adjacent to an activating group) is 1. The molecule has 0 bridgehead atoms. The third-order valence-electron chi connectivity index (χ3n) is 16.0. The molecule has 0 saturated heterocycles. The summed E-state index contributed by atoms with van der Waals surface area (Å²) < 4.78 is 23.0. The van der Waals surface area contributed by atoms with Crippen LogP contribution in [0.5, 0.6) is 0 Å². The molecule has 0 fully saturated rings. The van der Waals surface area contributed by atoms with Crippen LogP contribution in [0.15, 0.2) is 109 Å². The first-order valence-electron chi connectivity index (χ1n) is 37.1. The summed E-state index contributed by atoms with van der Waals surface area (Å²) >= 11 is 0. The number of carbonyl (C=O) groups is 3. The third kappa shape index (κ3) is 71.3. The minimum absolute atomic E-state index is 0.182. The van der Waals surface area contributed by atoms with Crippen molar-refractivity contribution in [2.24, 2.45) is 0 Å². The number of esters is 2. The zero-order chi connectivity index (χ0) is 64.7. The second-order valence-electron chi connectivity index (χ2n) is 25.9. The molecular weight excluding hydrogens is 1100 g/mol. The van der Waals surface area contributed by atoms with Crippen LogP contribution < -0.4 is 0 Å². The molecule has 0 amide bonds. The standard InChI is InChI=1S/C80H139NO8/c1-6-8-10-12-14-16-18-20-22-24-26-28-30-32-34-36-38-39-41-43-45-47-49-51-53-55-57-59-61-63-65-67-69-71-78(83)89-76(75-88-80(79(84)85)86-73-72-81(3,4)5)74-87-77(82)70-68-66-64-62-60-58-56-54-52-50-48-46-44-42-40-37-35-33-31-29-27-25-23-21-19-17-15-13-11-9-7-2/h8,10,14,16,20,22,25-28,32,34,38-39,43,45,49,51,76,80H,6-7,9,11-13,15,17-19,21,23-24,29-31,33,35-37,40-42,44,46-48,50,52-75H2,1-5H3/p+1/b10-8-,16-14-,22-20-,27-25-,28-26-,34-32-,39-38-,45-43-,51-49-. The molecule has 0 aliphatic rings. The third-order valence-corrected chi connectivity index (χ3v) is 16.0. The predicted molar refractivity (Wildman–Crippen MR) is 382 cm³/mol. The lowest BCUT2D eigenvalue weighted by atomic mass is 10.0. The molecule has 0 heterocycles. The number of aliphatic carboxylic acids is 1. The lowest BCUT2D eigenvalue weighted by Gasteiger charge is -2.25. The zero-order valence-electron chi connectivity index (χ0n) is 58.6. The van der Waals surface area contributed by atoms with E-state index in [2.05, 4.69) is 123 Å². The Morgan fingerprint density at radius 1 is 0.348 bits per heavy atom.